The van der Waals surface area contributed by atoms with Crippen LogP contribution in [-0.2, 0) is 0 Å². The first kappa shape index (κ1) is 21.7. The zero-order valence-electron chi connectivity index (χ0n) is 18.3. The molecule has 0 unspecified atom stereocenters. The standard InChI is InChI=1S/C23H29N5O2S/c1-15-13-25-23(24-8-5-9-28-11-10-27(3)14-16(28)2)26-21(15)20-12-18-17(22(29)30)6-4-7-19(18)31-20/h4,6-7,12-13,16H,5,8-11,14H2,1-3H3,(H,29,30)(H,24,25,26)/t16-/m0/s1. The van der Waals surface area contributed by atoms with E-state index in [-0.39, 0.29) is 0 Å². The Morgan fingerprint density at radius 3 is 2.97 bits per heavy atom. The molecule has 3 heterocycles. The summed E-state index contributed by atoms with van der Waals surface area (Å²) in [6, 6.07) is 7.89. The van der Waals surface area contributed by atoms with Gasteiger partial charge in [-0.1, -0.05) is 6.07 Å². The monoisotopic (exact) mass is 439 g/mol. The van der Waals surface area contributed by atoms with Gasteiger partial charge in [-0.2, -0.15) is 0 Å². The second-order valence-electron chi connectivity index (χ2n) is 8.29. The zero-order chi connectivity index (χ0) is 22.0. The molecule has 1 fully saturated rings. The number of likely N-dealkylation sites (N-methyl/N-ethyl adjacent to an activating group) is 1. The Hall–Kier alpha value is -2.55. The first-order valence-electron chi connectivity index (χ1n) is 10.7. The number of aromatic nitrogens is 2. The number of nitrogens with zero attached hydrogens (tertiary/aromatic N) is 4. The molecule has 1 atom stereocenters. The van der Waals surface area contributed by atoms with E-state index in [0.717, 1.165) is 65.4 Å². The molecule has 2 N–H and O–H groups in total. The first-order valence-corrected chi connectivity index (χ1v) is 11.5. The van der Waals surface area contributed by atoms with E-state index in [2.05, 4.69) is 34.1 Å². The molecule has 31 heavy (non-hydrogen) atoms. The minimum absolute atomic E-state index is 0.322. The number of piperazine rings is 1. The highest BCUT2D eigenvalue weighted by Crippen LogP contribution is 2.35. The summed E-state index contributed by atoms with van der Waals surface area (Å²) < 4.78 is 0.948. The average molecular weight is 440 g/mol. The van der Waals surface area contributed by atoms with Crippen molar-refractivity contribution in [2.75, 3.05) is 45.1 Å². The van der Waals surface area contributed by atoms with Crippen LogP contribution in [0.4, 0.5) is 5.95 Å². The summed E-state index contributed by atoms with van der Waals surface area (Å²) in [5, 5.41) is 13.6. The molecule has 7 nitrogen and oxygen atoms in total. The van der Waals surface area contributed by atoms with Gasteiger partial charge in [0.1, 0.15) is 0 Å². The molecule has 8 heteroatoms. The number of hydrogen-bond donors (Lipinski definition) is 2. The number of rotatable bonds is 7. The summed E-state index contributed by atoms with van der Waals surface area (Å²) in [5.74, 6) is -0.297. The Bertz CT molecular complexity index is 1080. The minimum atomic E-state index is -0.911. The van der Waals surface area contributed by atoms with Crippen molar-refractivity contribution < 1.29 is 9.90 Å². The van der Waals surface area contributed by atoms with Crippen molar-refractivity contribution in [3.05, 3.63) is 41.6 Å². The van der Waals surface area contributed by atoms with Gasteiger partial charge in [-0.3, -0.25) is 4.90 Å². The molecule has 0 amide bonds. The summed E-state index contributed by atoms with van der Waals surface area (Å²) in [6.07, 6.45) is 2.86. The molecule has 0 saturated carbocycles. The van der Waals surface area contributed by atoms with Gasteiger partial charge in [0.05, 0.1) is 16.1 Å². The van der Waals surface area contributed by atoms with E-state index in [1.54, 1.807) is 23.5 Å². The Morgan fingerprint density at radius 1 is 1.35 bits per heavy atom. The summed E-state index contributed by atoms with van der Waals surface area (Å²) in [5.41, 5.74) is 2.14. The maximum Gasteiger partial charge on any atom is 0.336 e. The predicted octanol–water partition coefficient (Wildman–Crippen LogP) is 3.80. The molecule has 1 aliphatic rings. The van der Waals surface area contributed by atoms with E-state index < -0.39 is 5.97 Å². The van der Waals surface area contributed by atoms with Crippen LogP contribution in [0.15, 0.2) is 30.5 Å². The van der Waals surface area contributed by atoms with E-state index in [4.69, 9.17) is 4.98 Å². The van der Waals surface area contributed by atoms with Crippen molar-refractivity contribution >= 4 is 33.3 Å². The van der Waals surface area contributed by atoms with Crippen LogP contribution >= 0.6 is 11.3 Å². The first-order chi connectivity index (χ1) is 14.9. The maximum absolute atomic E-state index is 11.5. The highest BCUT2D eigenvalue weighted by atomic mass is 32.1. The lowest BCUT2D eigenvalue weighted by Gasteiger charge is -2.38. The smallest absolute Gasteiger partial charge is 0.336 e. The zero-order valence-corrected chi connectivity index (χ0v) is 19.1. The lowest BCUT2D eigenvalue weighted by Crippen LogP contribution is -2.50. The Balaban J connectivity index is 1.44. The van der Waals surface area contributed by atoms with Gasteiger partial charge < -0.3 is 15.3 Å². The van der Waals surface area contributed by atoms with Crippen molar-refractivity contribution in [2.45, 2.75) is 26.3 Å². The fourth-order valence-corrected chi connectivity index (χ4v) is 5.28. The lowest BCUT2D eigenvalue weighted by molar-refractivity contribution is 0.0699. The summed E-state index contributed by atoms with van der Waals surface area (Å²) in [4.78, 5) is 26.6. The highest BCUT2D eigenvalue weighted by molar-refractivity contribution is 7.22. The van der Waals surface area contributed by atoms with E-state index in [1.165, 1.54) is 0 Å². The lowest BCUT2D eigenvalue weighted by atomic mass is 10.1. The van der Waals surface area contributed by atoms with Crippen LogP contribution in [0.25, 0.3) is 20.7 Å². The van der Waals surface area contributed by atoms with Crippen molar-refractivity contribution in [3.63, 3.8) is 0 Å². The SMILES string of the molecule is Cc1cnc(NCCCN2CCN(C)C[C@@H]2C)nc1-c1cc2c(C(=O)O)cccc2s1. The van der Waals surface area contributed by atoms with E-state index in [9.17, 15) is 9.90 Å². The Morgan fingerprint density at radius 2 is 2.19 bits per heavy atom. The number of hydrogen-bond acceptors (Lipinski definition) is 7. The molecular formula is C23H29N5O2S. The van der Waals surface area contributed by atoms with E-state index in [0.29, 0.717) is 17.6 Å². The van der Waals surface area contributed by atoms with Gasteiger partial charge in [-0.15, -0.1) is 11.3 Å². The molecule has 0 bridgehead atoms. The number of carboxylic acid groups (broad SMARTS) is 1. The fraction of sp³-hybridized carbons (Fsp3) is 0.435. The topological polar surface area (TPSA) is 81.6 Å². The van der Waals surface area contributed by atoms with Crippen LogP contribution < -0.4 is 5.32 Å². The molecule has 3 aromatic rings. The number of anilines is 1. The summed E-state index contributed by atoms with van der Waals surface area (Å²) >= 11 is 1.56. The number of carbonyl (C=O) groups is 1. The number of fused-ring (bicyclic) bond motifs is 1. The normalized spacial score (nSPS) is 17.8. The van der Waals surface area contributed by atoms with Gasteiger partial charge in [0.2, 0.25) is 5.95 Å². The van der Waals surface area contributed by atoms with Gasteiger partial charge in [0.25, 0.3) is 0 Å². The Kier molecular flexibility index (Phi) is 6.50. The Labute approximate surface area is 186 Å². The van der Waals surface area contributed by atoms with Crippen molar-refractivity contribution in [1.82, 2.24) is 19.8 Å². The molecule has 0 radical (unpaired) electrons. The molecule has 0 aliphatic carbocycles. The van der Waals surface area contributed by atoms with Gasteiger partial charge in [-0.05, 0) is 51.1 Å². The number of carboxylic acids is 1. The third-order valence-corrected chi connectivity index (χ3v) is 6.98. The quantitative estimate of drug-likeness (QED) is 0.542. The largest absolute Gasteiger partial charge is 0.478 e. The van der Waals surface area contributed by atoms with Gasteiger partial charge in [-0.25, -0.2) is 14.8 Å². The van der Waals surface area contributed by atoms with Crippen molar-refractivity contribution in [2.24, 2.45) is 0 Å². The van der Waals surface area contributed by atoms with Crippen molar-refractivity contribution in [3.8, 4) is 10.6 Å². The van der Waals surface area contributed by atoms with Crippen LogP contribution in [0.5, 0.6) is 0 Å². The molecule has 1 aromatic carbocycles. The van der Waals surface area contributed by atoms with Crippen molar-refractivity contribution in [1.29, 1.82) is 0 Å². The number of thiophene rings is 1. The van der Waals surface area contributed by atoms with Gasteiger partial charge in [0, 0.05) is 55.0 Å². The van der Waals surface area contributed by atoms with Gasteiger partial charge >= 0.3 is 5.97 Å². The van der Waals surface area contributed by atoms with E-state index >= 15 is 0 Å². The van der Waals surface area contributed by atoms with Crippen LogP contribution in [0.3, 0.4) is 0 Å². The number of aromatic carboxylic acids is 1. The predicted molar refractivity (Wildman–Crippen MR) is 126 cm³/mol. The maximum atomic E-state index is 11.5. The molecular weight excluding hydrogens is 410 g/mol. The van der Waals surface area contributed by atoms with Gasteiger partial charge in [0.15, 0.2) is 0 Å². The second kappa shape index (κ2) is 9.30. The van der Waals surface area contributed by atoms with Crippen LogP contribution in [-0.4, -0.2) is 76.7 Å². The summed E-state index contributed by atoms with van der Waals surface area (Å²) in [6.45, 7) is 9.52. The third kappa shape index (κ3) is 4.87. The minimum Gasteiger partial charge on any atom is -0.478 e. The number of aryl methyl sites for hydroxylation is 1. The van der Waals surface area contributed by atoms with Crippen LogP contribution in [0.1, 0.15) is 29.3 Å². The molecule has 0 spiro atoms. The number of nitrogens with one attached hydrogen (secondary N) is 1. The molecule has 1 aliphatic heterocycles. The fourth-order valence-electron chi connectivity index (χ4n) is 4.13. The molecule has 2 aromatic heterocycles. The van der Waals surface area contributed by atoms with Crippen LogP contribution in [0, 0.1) is 6.92 Å². The van der Waals surface area contributed by atoms with E-state index in [1.807, 2.05) is 25.3 Å². The molecule has 4 rings (SSSR count). The molecule has 1 saturated heterocycles. The van der Waals surface area contributed by atoms with Crippen LogP contribution in [0.2, 0.25) is 0 Å². The number of benzene rings is 1. The summed E-state index contributed by atoms with van der Waals surface area (Å²) in [7, 11) is 2.18. The molecule has 164 valence electrons. The highest BCUT2D eigenvalue weighted by Gasteiger charge is 2.20. The average Bonchev–Trinajstić information content (AvgIpc) is 3.17. The third-order valence-electron chi connectivity index (χ3n) is 5.87. The second-order valence-corrected chi connectivity index (χ2v) is 9.37.